The molecule has 0 bridgehead atoms. The molecule has 0 radical (unpaired) electrons. The Morgan fingerprint density at radius 2 is 2.10 bits per heavy atom. The Kier molecular flexibility index (Phi) is 6.92. The molecule has 0 aromatic heterocycles. The number of nitrogens with two attached hydrogens (primary N) is 1. The molecule has 1 fully saturated rings. The van der Waals surface area contributed by atoms with Gasteiger partial charge in [-0.15, -0.1) is 0 Å². The molecule has 1 aliphatic rings. The molecule has 1 rings (SSSR count). The molecule has 1 saturated heterocycles. The fourth-order valence-corrected chi connectivity index (χ4v) is 3.17. The Morgan fingerprint density at radius 1 is 1.50 bits per heavy atom. The second kappa shape index (κ2) is 7.96. The normalized spacial score (nSPS) is 22.4. The van der Waals surface area contributed by atoms with Crippen molar-refractivity contribution in [3.05, 3.63) is 0 Å². The number of ether oxygens (including phenoxy) is 1. The molecule has 1 heterocycles. The number of amides is 1. The zero-order valence-corrected chi connectivity index (χ0v) is 13.4. The number of likely N-dealkylation sites (N-methyl/N-ethyl adjacent to an activating group) is 1. The van der Waals surface area contributed by atoms with Crippen molar-refractivity contribution in [2.24, 2.45) is 11.7 Å². The molecule has 0 aliphatic carbocycles. The molecule has 5 nitrogen and oxygen atoms in total. The number of hydrogen-bond acceptors (Lipinski definition) is 4. The Hall–Kier alpha value is -0.650. The number of nitrogens with zero attached hydrogens (tertiary/aromatic N) is 1. The smallest absolute Gasteiger partial charge is 0.237 e. The number of methoxy groups -OCH3 is 1. The standard InChI is InChI=1S/C15H31N3O2/c1-5-17-15(3,14(16)19)10-12(2)18-8-6-13(7-9-18)11-20-4/h12-13,17H,5-11H2,1-4H3,(H2,16,19). The van der Waals surface area contributed by atoms with Crippen LogP contribution in [-0.2, 0) is 9.53 Å². The summed E-state index contributed by atoms with van der Waals surface area (Å²) in [5.74, 6) is 0.417. The van der Waals surface area contributed by atoms with E-state index in [4.69, 9.17) is 10.5 Å². The lowest BCUT2D eigenvalue weighted by Gasteiger charge is -2.39. The van der Waals surface area contributed by atoms with Crippen molar-refractivity contribution in [1.82, 2.24) is 10.2 Å². The first kappa shape index (κ1) is 17.4. The summed E-state index contributed by atoms with van der Waals surface area (Å²) in [5, 5.41) is 3.24. The van der Waals surface area contributed by atoms with Crippen LogP contribution in [0.5, 0.6) is 0 Å². The number of carbonyl (C=O) groups excluding carboxylic acids is 1. The third-order valence-electron chi connectivity index (χ3n) is 4.49. The van der Waals surface area contributed by atoms with Crippen LogP contribution < -0.4 is 11.1 Å². The number of nitrogens with one attached hydrogen (secondary N) is 1. The van der Waals surface area contributed by atoms with Gasteiger partial charge >= 0.3 is 0 Å². The van der Waals surface area contributed by atoms with E-state index in [1.807, 2.05) is 13.8 Å². The van der Waals surface area contributed by atoms with E-state index >= 15 is 0 Å². The summed E-state index contributed by atoms with van der Waals surface area (Å²) in [6, 6.07) is 0.357. The van der Waals surface area contributed by atoms with Crippen LogP contribution in [0.25, 0.3) is 0 Å². The molecule has 0 aromatic carbocycles. The number of rotatable bonds is 8. The molecule has 0 aromatic rings. The molecule has 0 spiro atoms. The van der Waals surface area contributed by atoms with Crippen molar-refractivity contribution in [2.75, 3.05) is 33.4 Å². The van der Waals surface area contributed by atoms with Crippen molar-refractivity contribution in [3.8, 4) is 0 Å². The molecule has 3 N–H and O–H groups in total. The van der Waals surface area contributed by atoms with E-state index in [9.17, 15) is 4.79 Å². The first-order chi connectivity index (χ1) is 9.42. The van der Waals surface area contributed by atoms with Crippen LogP contribution in [0.2, 0.25) is 0 Å². The van der Waals surface area contributed by atoms with Gasteiger partial charge in [-0.1, -0.05) is 6.92 Å². The lowest BCUT2D eigenvalue weighted by atomic mass is 9.90. The summed E-state index contributed by atoms with van der Waals surface area (Å²) in [7, 11) is 1.77. The van der Waals surface area contributed by atoms with Gasteiger partial charge in [0.05, 0.1) is 5.54 Å². The van der Waals surface area contributed by atoms with Gasteiger partial charge in [0, 0.05) is 19.8 Å². The first-order valence-corrected chi connectivity index (χ1v) is 7.70. The number of primary amides is 1. The fourth-order valence-electron chi connectivity index (χ4n) is 3.17. The van der Waals surface area contributed by atoms with Gasteiger partial charge in [-0.2, -0.15) is 0 Å². The first-order valence-electron chi connectivity index (χ1n) is 7.70. The van der Waals surface area contributed by atoms with Gasteiger partial charge in [-0.05, 0) is 58.7 Å². The van der Waals surface area contributed by atoms with Gasteiger partial charge < -0.3 is 20.7 Å². The second-order valence-corrected chi connectivity index (χ2v) is 6.21. The van der Waals surface area contributed by atoms with Crippen molar-refractivity contribution >= 4 is 5.91 Å². The zero-order chi connectivity index (χ0) is 15.2. The van der Waals surface area contributed by atoms with Gasteiger partial charge in [0.2, 0.25) is 5.91 Å². The maximum absolute atomic E-state index is 11.7. The summed E-state index contributed by atoms with van der Waals surface area (Å²) in [6.07, 6.45) is 3.10. The van der Waals surface area contributed by atoms with E-state index < -0.39 is 5.54 Å². The molecule has 1 aliphatic heterocycles. The highest BCUT2D eigenvalue weighted by Crippen LogP contribution is 2.23. The third-order valence-corrected chi connectivity index (χ3v) is 4.49. The molecular formula is C15H31N3O2. The van der Waals surface area contributed by atoms with Crippen LogP contribution in [-0.4, -0.2) is 55.7 Å². The second-order valence-electron chi connectivity index (χ2n) is 6.21. The minimum atomic E-state index is -0.614. The monoisotopic (exact) mass is 285 g/mol. The number of piperidine rings is 1. The summed E-state index contributed by atoms with van der Waals surface area (Å²) >= 11 is 0. The van der Waals surface area contributed by atoms with Gasteiger partial charge in [-0.3, -0.25) is 4.79 Å². The highest BCUT2D eigenvalue weighted by molar-refractivity contribution is 5.84. The van der Waals surface area contributed by atoms with Crippen molar-refractivity contribution in [2.45, 2.75) is 51.6 Å². The van der Waals surface area contributed by atoms with Crippen molar-refractivity contribution in [1.29, 1.82) is 0 Å². The molecule has 20 heavy (non-hydrogen) atoms. The lowest BCUT2D eigenvalue weighted by molar-refractivity contribution is -0.124. The van der Waals surface area contributed by atoms with Crippen LogP contribution in [0.3, 0.4) is 0 Å². The predicted octanol–water partition coefficient (Wildman–Crippen LogP) is 0.977. The number of hydrogen-bond donors (Lipinski definition) is 2. The molecule has 2 unspecified atom stereocenters. The highest BCUT2D eigenvalue weighted by Gasteiger charge is 2.34. The zero-order valence-electron chi connectivity index (χ0n) is 13.4. The molecule has 2 atom stereocenters. The van der Waals surface area contributed by atoms with Crippen molar-refractivity contribution in [3.63, 3.8) is 0 Å². The van der Waals surface area contributed by atoms with Crippen LogP contribution in [0, 0.1) is 5.92 Å². The molecule has 5 heteroatoms. The van der Waals surface area contributed by atoms with Crippen LogP contribution >= 0.6 is 0 Å². The topological polar surface area (TPSA) is 67.6 Å². The number of carbonyl (C=O) groups is 1. The SMILES string of the molecule is CCNC(C)(CC(C)N1CCC(COC)CC1)C(N)=O. The minimum absolute atomic E-state index is 0.263. The van der Waals surface area contributed by atoms with Gasteiger partial charge in [0.15, 0.2) is 0 Å². The van der Waals surface area contributed by atoms with Crippen molar-refractivity contribution < 1.29 is 9.53 Å². The van der Waals surface area contributed by atoms with E-state index in [-0.39, 0.29) is 5.91 Å². The maximum atomic E-state index is 11.7. The predicted molar refractivity (Wildman–Crippen MR) is 81.5 cm³/mol. The summed E-state index contributed by atoms with van der Waals surface area (Å²) in [6.45, 7) is 9.87. The minimum Gasteiger partial charge on any atom is -0.384 e. The third kappa shape index (κ3) is 4.72. The molecule has 0 saturated carbocycles. The van der Waals surface area contributed by atoms with Crippen LogP contribution in [0.15, 0.2) is 0 Å². The Bertz CT molecular complexity index is 303. The average Bonchev–Trinajstić information content (AvgIpc) is 2.40. The average molecular weight is 285 g/mol. The van der Waals surface area contributed by atoms with E-state index in [1.54, 1.807) is 7.11 Å². The number of likely N-dealkylation sites (tertiary alicyclic amines) is 1. The van der Waals surface area contributed by atoms with Crippen LogP contribution in [0.1, 0.15) is 40.0 Å². The lowest BCUT2D eigenvalue weighted by Crippen LogP contribution is -2.56. The van der Waals surface area contributed by atoms with Gasteiger partial charge in [0.1, 0.15) is 0 Å². The summed E-state index contributed by atoms with van der Waals surface area (Å²) in [5.41, 5.74) is 4.95. The largest absolute Gasteiger partial charge is 0.384 e. The Morgan fingerprint density at radius 3 is 2.55 bits per heavy atom. The Labute approximate surface area is 123 Å². The fraction of sp³-hybridized carbons (Fsp3) is 0.933. The van der Waals surface area contributed by atoms with Crippen LogP contribution in [0.4, 0.5) is 0 Å². The van der Waals surface area contributed by atoms with E-state index in [0.29, 0.717) is 12.0 Å². The van der Waals surface area contributed by atoms with E-state index in [1.165, 1.54) is 12.8 Å². The van der Waals surface area contributed by atoms with E-state index in [2.05, 4.69) is 17.1 Å². The quantitative estimate of drug-likeness (QED) is 0.697. The molecule has 1 amide bonds. The Balaban J connectivity index is 2.50. The summed E-state index contributed by atoms with van der Waals surface area (Å²) in [4.78, 5) is 14.2. The molecule has 118 valence electrons. The maximum Gasteiger partial charge on any atom is 0.237 e. The van der Waals surface area contributed by atoms with Gasteiger partial charge in [0.25, 0.3) is 0 Å². The summed E-state index contributed by atoms with van der Waals surface area (Å²) < 4.78 is 5.23. The molecular weight excluding hydrogens is 254 g/mol. The van der Waals surface area contributed by atoms with E-state index in [0.717, 1.165) is 32.7 Å². The highest BCUT2D eigenvalue weighted by atomic mass is 16.5. The van der Waals surface area contributed by atoms with Gasteiger partial charge in [-0.25, -0.2) is 0 Å².